The summed E-state index contributed by atoms with van der Waals surface area (Å²) in [4.78, 5) is 12.6. The first-order chi connectivity index (χ1) is 12.1. The van der Waals surface area contributed by atoms with Crippen LogP contribution in [0.4, 0.5) is 4.79 Å². The van der Waals surface area contributed by atoms with Crippen molar-refractivity contribution in [1.82, 2.24) is 5.32 Å². The number of allylic oxidation sites excluding steroid dienone is 1. The first-order valence-electron chi connectivity index (χ1n) is 10.7. The van der Waals surface area contributed by atoms with Crippen molar-refractivity contribution < 1.29 is 9.53 Å². The third-order valence-electron chi connectivity index (χ3n) is 4.92. The summed E-state index contributed by atoms with van der Waals surface area (Å²) in [6.07, 6.45) is 9.72. The van der Waals surface area contributed by atoms with E-state index in [1.54, 1.807) is 0 Å². The van der Waals surface area contributed by atoms with Gasteiger partial charge in [0.2, 0.25) is 0 Å². The molecule has 1 atom stereocenters. The van der Waals surface area contributed by atoms with Crippen molar-refractivity contribution in [1.29, 1.82) is 0 Å². The van der Waals surface area contributed by atoms with Crippen LogP contribution in [0.15, 0.2) is 11.6 Å². The molecule has 26 heavy (non-hydrogen) atoms. The number of carbonyl (C=O) groups is 1. The van der Waals surface area contributed by atoms with Gasteiger partial charge in [0.15, 0.2) is 0 Å². The van der Waals surface area contributed by atoms with Crippen LogP contribution in [0.5, 0.6) is 0 Å². The number of carbonyl (C=O) groups excluding carboxylic acids is 1. The first kappa shape index (κ1) is 25.8. The summed E-state index contributed by atoms with van der Waals surface area (Å²) in [5.41, 5.74) is 0.852. The van der Waals surface area contributed by atoms with Gasteiger partial charge in [0.1, 0.15) is 0 Å². The zero-order valence-corrected chi connectivity index (χ0v) is 21.7. The Balaban J connectivity index is 5.71. The molecule has 0 aliphatic heterocycles. The Bertz CT molecular complexity index is 401. The second kappa shape index (κ2) is 13.1. The average Bonchev–Trinajstić information content (AvgIpc) is 2.51. The van der Waals surface area contributed by atoms with Crippen molar-refractivity contribution in [3.63, 3.8) is 0 Å². The molecule has 0 bridgehead atoms. The number of unbranched alkanes of at least 4 members (excludes halogenated alkanes) is 3. The standard InChI is InChI=1S/C10H18NO2.3C4H9.Sn/c1-8(2)6-7-11-9(12)13-10(3,4)5;3*1-3-4-2;/h6-7H,1-5H3,(H,11,12);3*1,3-4H2,2H3;. The van der Waals surface area contributed by atoms with E-state index in [1.807, 2.05) is 20.8 Å². The van der Waals surface area contributed by atoms with E-state index in [1.165, 1.54) is 57.4 Å². The van der Waals surface area contributed by atoms with Gasteiger partial charge in [-0.1, -0.05) is 0 Å². The summed E-state index contributed by atoms with van der Waals surface area (Å²) in [6.45, 7) is 17.0. The third kappa shape index (κ3) is 10.8. The number of amides is 1. The van der Waals surface area contributed by atoms with Crippen LogP contribution in [0.3, 0.4) is 0 Å². The van der Waals surface area contributed by atoms with Crippen molar-refractivity contribution in [3.05, 3.63) is 11.6 Å². The molecule has 0 saturated carbocycles. The van der Waals surface area contributed by atoms with Gasteiger partial charge in [-0.2, -0.15) is 0 Å². The fraction of sp³-hybridized carbons (Fsp3) is 0.864. The van der Waals surface area contributed by atoms with Gasteiger partial charge in [0.05, 0.1) is 0 Å². The molecule has 0 fully saturated rings. The van der Waals surface area contributed by atoms with Gasteiger partial charge in [0.25, 0.3) is 0 Å². The molecule has 3 nitrogen and oxygen atoms in total. The Morgan fingerprint density at radius 2 is 1.38 bits per heavy atom. The third-order valence-corrected chi connectivity index (χ3v) is 21.1. The van der Waals surface area contributed by atoms with Crippen molar-refractivity contribution in [3.8, 4) is 0 Å². The quantitative estimate of drug-likeness (QED) is 0.239. The molecule has 0 aromatic carbocycles. The summed E-state index contributed by atoms with van der Waals surface area (Å²) in [7, 11) is 0. The molecule has 0 aliphatic rings. The fourth-order valence-corrected chi connectivity index (χ4v) is 20.6. The van der Waals surface area contributed by atoms with Crippen molar-refractivity contribution in [2.75, 3.05) is 0 Å². The van der Waals surface area contributed by atoms with Crippen molar-refractivity contribution in [2.24, 2.45) is 0 Å². The molecule has 0 radical (unpaired) electrons. The van der Waals surface area contributed by atoms with E-state index < -0.39 is 24.0 Å². The molecule has 154 valence electrons. The van der Waals surface area contributed by atoms with Crippen LogP contribution in [0, 0.1) is 0 Å². The second-order valence-electron chi connectivity index (χ2n) is 9.04. The SMILES string of the molecule is CCC[CH2][Sn]([CH2]CCC)([CH2]CCC)[CH](C=C(C)C)NC(=O)OC(C)(C)C. The molecule has 0 aliphatic carbocycles. The van der Waals surface area contributed by atoms with Crippen LogP contribution >= 0.6 is 0 Å². The molecule has 4 heteroatoms. The Morgan fingerprint density at radius 1 is 0.962 bits per heavy atom. The summed E-state index contributed by atoms with van der Waals surface area (Å²) in [5.74, 6) is 0. The number of hydrogen-bond donors (Lipinski definition) is 1. The second-order valence-corrected chi connectivity index (χ2v) is 22.9. The van der Waals surface area contributed by atoms with Crippen LogP contribution < -0.4 is 5.32 Å². The van der Waals surface area contributed by atoms with Gasteiger partial charge in [-0.25, -0.2) is 0 Å². The van der Waals surface area contributed by atoms with Gasteiger partial charge in [-0.3, -0.25) is 0 Å². The van der Waals surface area contributed by atoms with Gasteiger partial charge in [-0.05, 0) is 0 Å². The van der Waals surface area contributed by atoms with E-state index in [0.29, 0.717) is 0 Å². The molecular weight excluding hydrogens is 429 g/mol. The normalized spacial score (nSPS) is 13.2. The molecule has 0 spiro atoms. The number of nitrogens with one attached hydrogen (secondary N) is 1. The monoisotopic (exact) mass is 475 g/mol. The maximum absolute atomic E-state index is 12.6. The van der Waals surface area contributed by atoms with E-state index in [2.05, 4.69) is 46.0 Å². The van der Waals surface area contributed by atoms with Gasteiger partial charge < -0.3 is 0 Å². The molecule has 1 amide bonds. The zero-order chi connectivity index (χ0) is 20.2. The first-order valence-corrected chi connectivity index (χ1v) is 18.4. The predicted molar refractivity (Wildman–Crippen MR) is 117 cm³/mol. The molecule has 0 heterocycles. The number of hydrogen-bond acceptors (Lipinski definition) is 2. The minimum absolute atomic E-state index is 0.244. The van der Waals surface area contributed by atoms with Gasteiger partial charge >= 0.3 is 168 Å². The minimum atomic E-state index is -2.60. The zero-order valence-electron chi connectivity index (χ0n) is 18.8. The van der Waals surface area contributed by atoms with Gasteiger partial charge in [-0.15, -0.1) is 0 Å². The number of rotatable bonds is 12. The van der Waals surface area contributed by atoms with Crippen LogP contribution in [0.1, 0.15) is 93.9 Å². The summed E-state index contributed by atoms with van der Waals surface area (Å²) in [6, 6.07) is 0. The molecule has 0 aromatic heterocycles. The summed E-state index contributed by atoms with van der Waals surface area (Å²) >= 11 is -2.60. The molecule has 0 rings (SSSR count). The molecule has 1 unspecified atom stereocenters. The summed E-state index contributed by atoms with van der Waals surface area (Å²) < 4.78 is 9.97. The summed E-state index contributed by atoms with van der Waals surface area (Å²) in [5, 5.41) is 3.33. The van der Waals surface area contributed by atoms with Crippen molar-refractivity contribution >= 4 is 24.5 Å². The fourth-order valence-electron chi connectivity index (χ4n) is 3.57. The van der Waals surface area contributed by atoms with Crippen LogP contribution in [-0.2, 0) is 4.74 Å². The topological polar surface area (TPSA) is 38.3 Å². The Kier molecular flexibility index (Phi) is 13.0. The van der Waals surface area contributed by atoms with Crippen molar-refractivity contribution in [2.45, 2.75) is 117 Å². The van der Waals surface area contributed by atoms with Crippen LogP contribution in [-0.4, -0.2) is 34.1 Å². The predicted octanol–water partition coefficient (Wildman–Crippen LogP) is 7.23. The Labute approximate surface area is 167 Å². The van der Waals surface area contributed by atoms with E-state index in [0.717, 1.165) is 0 Å². The number of alkyl carbamates (subject to hydrolysis) is 1. The Morgan fingerprint density at radius 3 is 1.69 bits per heavy atom. The van der Waals surface area contributed by atoms with Crippen LogP contribution in [0.2, 0.25) is 13.3 Å². The van der Waals surface area contributed by atoms with E-state index in [9.17, 15) is 4.79 Å². The molecule has 0 saturated heterocycles. The van der Waals surface area contributed by atoms with Crippen LogP contribution in [0.25, 0.3) is 0 Å². The Hall–Kier alpha value is -0.191. The van der Waals surface area contributed by atoms with Gasteiger partial charge in [0, 0.05) is 0 Å². The number of ether oxygens (including phenoxy) is 1. The average molecular weight is 474 g/mol. The molecule has 0 aromatic rings. The molecular formula is C22H45NO2Sn. The molecule has 1 N–H and O–H groups in total. The maximum atomic E-state index is 12.6. The van der Waals surface area contributed by atoms with E-state index in [4.69, 9.17) is 4.74 Å². The van der Waals surface area contributed by atoms with E-state index in [-0.39, 0.29) is 10.2 Å². The van der Waals surface area contributed by atoms with E-state index >= 15 is 0 Å².